The van der Waals surface area contributed by atoms with E-state index in [0.717, 1.165) is 19.3 Å². The van der Waals surface area contributed by atoms with Crippen LogP contribution < -0.4 is 5.73 Å². The summed E-state index contributed by atoms with van der Waals surface area (Å²) in [6, 6.07) is 5.55. The summed E-state index contributed by atoms with van der Waals surface area (Å²) in [7, 11) is -7.17. The minimum Gasteiger partial charge on any atom is -0.330 e. The van der Waals surface area contributed by atoms with Crippen molar-refractivity contribution in [1.82, 2.24) is 8.61 Å². The molecule has 1 aromatic rings. The van der Waals surface area contributed by atoms with Crippen molar-refractivity contribution in [3.05, 3.63) is 24.3 Å². The fourth-order valence-corrected chi connectivity index (χ4v) is 6.47. The maximum absolute atomic E-state index is 12.8. The van der Waals surface area contributed by atoms with Gasteiger partial charge < -0.3 is 5.73 Å². The predicted octanol–water partition coefficient (Wildman–Crippen LogP) is 0.831. The quantitative estimate of drug-likeness (QED) is 0.806. The summed E-state index contributed by atoms with van der Waals surface area (Å²) in [4.78, 5) is 0.260. The van der Waals surface area contributed by atoms with E-state index in [9.17, 15) is 16.8 Å². The van der Waals surface area contributed by atoms with Crippen molar-refractivity contribution in [3.8, 4) is 0 Å². The molecule has 25 heavy (non-hydrogen) atoms. The zero-order valence-electron chi connectivity index (χ0n) is 14.4. The second kappa shape index (κ2) is 6.62. The Hall–Kier alpha value is -1.00. The molecule has 7 nitrogen and oxygen atoms in total. The van der Waals surface area contributed by atoms with Crippen molar-refractivity contribution in [2.24, 2.45) is 11.1 Å². The highest BCUT2D eigenvalue weighted by atomic mass is 32.2. The van der Waals surface area contributed by atoms with Crippen LogP contribution in [-0.2, 0) is 20.0 Å². The molecular weight excluding hydrogens is 362 g/mol. The number of nitrogens with two attached hydrogens (primary N) is 1. The normalized spacial score (nSPS) is 26.3. The second-order valence-electron chi connectivity index (χ2n) is 7.19. The Labute approximate surface area is 149 Å². The third-order valence-corrected chi connectivity index (χ3v) is 8.95. The Morgan fingerprint density at radius 2 is 1.40 bits per heavy atom. The Bertz CT molecular complexity index is 831. The van der Waals surface area contributed by atoms with Gasteiger partial charge in [0.2, 0.25) is 20.0 Å². The molecule has 9 heteroatoms. The largest absolute Gasteiger partial charge is 0.330 e. The lowest BCUT2D eigenvalue weighted by Gasteiger charge is -2.22. The summed E-state index contributed by atoms with van der Waals surface area (Å²) in [6.45, 7) is 4.28. The zero-order chi connectivity index (χ0) is 18.3. The molecule has 1 unspecified atom stereocenters. The number of nitrogens with zero attached hydrogens (tertiary/aromatic N) is 2. The van der Waals surface area contributed by atoms with Gasteiger partial charge in [0.25, 0.3) is 0 Å². The highest BCUT2D eigenvalue weighted by Gasteiger charge is 2.39. The van der Waals surface area contributed by atoms with Crippen molar-refractivity contribution in [1.29, 1.82) is 0 Å². The van der Waals surface area contributed by atoms with Gasteiger partial charge in [0.15, 0.2) is 0 Å². The molecule has 1 atom stereocenters. The van der Waals surface area contributed by atoms with Gasteiger partial charge >= 0.3 is 0 Å². The highest BCUT2D eigenvalue weighted by Crippen LogP contribution is 2.33. The number of sulfonamides is 2. The summed E-state index contributed by atoms with van der Waals surface area (Å²) in [5, 5.41) is 0. The molecule has 2 aliphatic heterocycles. The van der Waals surface area contributed by atoms with Gasteiger partial charge in [0, 0.05) is 26.2 Å². The van der Waals surface area contributed by atoms with Crippen LogP contribution in [-0.4, -0.2) is 58.2 Å². The van der Waals surface area contributed by atoms with Gasteiger partial charge in [-0.15, -0.1) is 0 Å². The molecule has 0 amide bonds. The van der Waals surface area contributed by atoms with E-state index in [0.29, 0.717) is 32.7 Å². The Morgan fingerprint density at radius 1 is 0.920 bits per heavy atom. The maximum atomic E-state index is 12.8. The van der Waals surface area contributed by atoms with Crippen LogP contribution in [0.4, 0.5) is 0 Å². The van der Waals surface area contributed by atoms with Crippen LogP contribution >= 0.6 is 0 Å². The fourth-order valence-electron chi connectivity index (χ4n) is 3.36. The molecule has 2 fully saturated rings. The van der Waals surface area contributed by atoms with Crippen LogP contribution in [0, 0.1) is 5.41 Å². The SMILES string of the molecule is CC1(CN)CCN(S(=O)(=O)c2ccc(S(=O)(=O)N3CCCC3)cc2)C1. The monoisotopic (exact) mass is 387 g/mol. The van der Waals surface area contributed by atoms with Gasteiger partial charge in [-0.05, 0) is 55.5 Å². The maximum Gasteiger partial charge on any atom is 0.243 e. The van der Waals surface area contributed by atoms with Crippen LogP contribution in [0.1, 0.15) is 26.2 Å². The summed E-state index contributed by atoms with van der Waals surface area (Å²) < 4.78 is 53.5. The average Bonchev–Trinajstić information content (AvgIpc) is 3.26. The average molecular weight is 388 g/mol. The van der Waals surface area contributed by atoms with Gasteiger partial charge in [-0.1, -0.05) is 6.92 Å². The molecule has 0 aromatic heterocycles. The van der Waals surface area contributed by atoms with Crippen molar-refractivity contribution >= 4 is 20.0 Å². The van der Waals surface area contributed by atoms with Crippen LogP contribution in [0.2, 0.25) is 0 Å². The van der Waals surface area contributed by atoms with Crippen LogP contribution in [0.5, 0.6) is 0 Å². The molecule has 0 aliphatic carbocycles. The topological polar surface area (TPSA) is 101 Å². The number of rotatable bonds is 5. The van der Waals surface area contributed by atoms with Crippen LogP contribution in [0.25, 0.3) is 0 Å². The van der Waals surface area contributed by atoms with Gasteiger partial charge in [0.1, 0.15) is 0 Å². The first kappa shape index (κ1) is 18.8. The molecule has 2 saturated heterocycles. The van der Waals surface area contributed by atoms with Crippen molar-refractivity contribution in [3.63, 3.8) is 0 Å². The minimum absolute atomic E-state index is 0.120. The lowest BCUT2D eigenvalue weighted by molar-refractivity contribution is 0.349. The van der Waals surface area contributed by atoms with E-state index < -0.39 is 20.0 Å². The van der Waals surface area contributed by atoms with E-state index in [1.165, 1.54) is 32.9 Å². The first-order valence-corrected chi connectivity index (χ1v) is 11.4. The number of benzene rings is 1. The van der Waals surface area contributed by atoms with Crippen molar-refractivity contribution in [2.75, 3.05) is 32.7 Å². The van der Waals surface area contributed by atoms with Crippen molar-refractivity contribution in [2.45, 2.75) is 36.0 Å². The standard InChI is InChI=1S/C16H25N3O4S2/c1-16(12-17)8-11-19(13-16)25(22,23)15-6-4-14(5-7-15)24(20,21)18-9-2-3-10-18/h4-7H,2-3,8-13,17H2,1H3. The second-order valence-corrected chi connectivity index (χ2v) is 11.1. The molecule has 0 bridgehead atoms. The summed E-state index contributed by atoms with van der Waals surface area (Å²) in [5.41, 5.74) is 5.54. The first-order valence-electron chi connectivity index (χ1n) is 8.50. The molecule has 0 radical (unpaired) electrons. The summed E-state index contributed by atoms with van der Waals surface area (Å²) in [6.07, 6.45) is 2.45. The zero-order valence-corrected chi connectivity index (χ0v) is 16.0. The van der Waals surface area contributed by atoms with Gasteiger partial charge in [0.05, 0.1) is 9.79 Å². The van der Waals surface area contributed by atoms with Crippen molar-refractivity contribution < 1.29 is 16.8 Å². The third kappa shape index (κ3) is 3.48. The molecule has 2 aliphatic rings. The first-order chi connectivity index (χ1) is 11.7. The molecule has 2 heterocycles. The Balaban J connectivity index is 1.82. The van der Waals surface area contributed by atoms with Crippen LogP contribution in [0.3, 0.4) is 0 Å². The smallest absolute Gasteiger partial charge is 0.243 e. The van der Waals surface area contributed by atoms with Gasteiger partial charge in [-0.25, -0.2) is 16.8 Å². The van der Waals surface area contributed by atoms with E-state index in [2.05, 4.69) is 0 Å². The van der Waals surface area contributed by atoms with E-state index in [1.807, 2.05) is 6.92 Å². The van der Waals surface area contributed by atoms with E-state index in [-0.39, 0.29) is 15.2 Å². The van der Waals surface area contributed by atoms with Gasteiger partial charge in [-0.2, -0.15) is 8.61 Å². The Morgan fingerprint density at radius 3 is 1.84 bits per heavy atom. The lowest BCUT2D eigenvalue weighted by atomic mass is 9.90. The minimum atomic E-state index is -3.63. The summed E-state index contributed by atoms with van der Waals surface area (Å²) >= 11 is 0. The lowest BCUT2D eigenvalue weighted by Crippen LogP contribution is -2.34. The molecule has 3 rings (SSSR count). The number of hydrogen-bond donors (Lipinski definition) is 1. The fraction of sp³-hybridized carbons (Fsp3) is 0.625. The molecular formula is C16H25N3O4S2. The van der Waals surface area contributed by atoms with Crippen LogP contribution in [0.15, 0.2) is 34.1 Å². The predicted molar refractivity (Wildman–Crippen MR) is 95.0 cm³/mol. The highest BCUT2D eigenvalue weighted by molar-refractivity contribution is 7.89. The molecule has 0 saturated carbocycles. The Kier molecular flexibility index (Phi) is 4.97. The third-order valence-electron chi connectivity index (χ3n) is 5.18. The molecule has 0 spiro atoms. The van der Waals surface area contributed by atoms with E-state index in [4.69, 9.17) is 5.73 Å². The molecule has 1 aromatic carbocycles. The summed E-state index contributed by atoms with van der Waals surface area (Å²) in [5.74, 6) is 0. The molecule has 140 valence electrons. The van der Waals surface area contributed by atoms with E-state index in [1.54, 1.807) is 0 Å². The molecule has 2 N–H and O–H groups in total. The van der Waals surface area contributed by atoms with E-state index >= 15 is 0 Å². The number of hydrogen-bond acceptors (Lipinski definition) is 5. The van der Waals surface area contributed by atoms with Gasteiger partial charge in [-0.3, -0.25) is 0 Å².